The number of carbonyl (C=O) groups excluding carboxylic acids is 1. The summed E-state index contributed by atoms with van der Waals surface area (Å²) >= 11 is 1.45. The molecule has 0 radical (unpaired) electrons. The van der Waals surface area contributed by atoms with Crippen molar-refractivity contribution in [3.63, 3.8) is 0 Å². The van der Waals surface area contributed by atoms with Crippen molar-refractivity contribution >= 4 is 27.5 Å². The molecule has 6 nitrogen and oxygen atoms in total. The fraction of sp³-hybridized carbons (Fsp3) is 0.217. The number of aryl methyl sites for hydroxylation is 1. The summed E-state index contributed by atoms with van der Waals surface area (Å²) in [6.45, 7) is 4.73. The number of fused-ring (bicyclic) bond motifs is 1. The lowest BCUT2D eigenvalue weighted by atomic mass is 10.2. The normalized spacial score (nSPS) is 11.0. The van der Waals surface area contributed by atoms with E-state index in [0.29, 0.717) is 24.3 Å². The van der Waals surface area contributed by atoms with Crippen LogP contribution in [0.5, 0.6) is 0 Å². The minimum atomic E-state index is -0.335. The molecule has 152 valence electrons. The Balaban J connectivity index is 1.63. The van der Waals surface area contributed by atoms with Gasteiger partial charge in [-0.05, 0) is 19.4 Å². The average molecular weight is 419 g/mol. The van der Waals surface area contributed by atoms with E-state index in [0.717, 1.165) is 20.8 Å². The monoisotopic (exact) mass is 418 g/mol. The highest BCUT2D eigenvalue weighted by atomic mass is 32.1. The third kappa shape index (κ3) is 4.02. The van der Waals surface area contributed by atoms with Gasteiger partial charge < -0.3 is 4.90 Å². The Morgan fingerprint density at radius 2 is 1.73 bits per heavy atom. The lowest BCUT2D eigenvalue weighted by Gasteiger charge is -2.21. The maximum atomic E-state index is 13.0. The minimum Gasteiger partial charge on any atom is -0.337 e. The van der Waals surface area contributed by atoms with Crippen molar-refractivity contribution < 1.29 is 4.79 Å². The van der Waals surface area contributed by atoms with E-state index in [1.165, 1.54) is 16.0 Å². The van der Waals surface area contributed by atoms with Gasteiger partial charge in [0.15, 0.2) is 5.52 Å². The second-order valence-corrected chi connectivity index (χ2v) is 8.00. The number of rotatable bonds is 6. The number of carbonyl (C=O) groups is 1. The van der Waals surface area contributed by atoms with Gasteiger partial charge in [0.05, 0.1) is 10.4 Å². The van der Waals surface area contributed by atoms with E-state index in [1.54, 1.807) is 4.90 Å². The van der Waals surface area contributed by atoms with Crippen molar-refractivity contribution in [2.45, 2.75) is 26.9 Å². The Kier molecular flexibility index (Phi) is 5.72. The van der Waals surface area contributed by atoms with Crippen molar-refractivity contribution in [3.8, 4) is 10.6 Å². The van der Waals surface area contributed by atoms with Crippen molar-refractivity contribution in [3.05, 3.63) is 82.3 Å². The van der Waals surface area contributed by atoms with Gasteiger partial charge in [-0.15, -0.1) is 11.3 Å². The Bertz CT molecular complexity index is 1230. The third-order valence-electron chi connectivity index (χ3n) is 4.92. The number of thiazole rings is 1. The van der Waals surface area contributed by atoms with E-state index in [4.69, 9.17) is 0 Å². The van der Waals surface area contributed by atoms with Gasteiger partial charge in [-0.2, -0.15) is 5.10 Å². The number of hydrogen-bond donors (Lipinski definition) is 0. The molecule has 0 fully saturated rings. The van der Waals surface area contributed by atoms with Gasteiger partial charge in [-0.1, -0.05) is 60.7 Å². The van der Waals surface area contributed by atoms with Gasteiger partial charge in [-0.3, -0.25) is 9.59 Å². The Morgan fingerprint density at radius 3 is 2.40 bits per heavy atom. The molecule has 0 aliphatic rings. The molecule has 0 spiro atoms. The van der Waals surface area contributed by atoms with E-state index in [-0.39, 0.29) is 18.0 Å². The molecule has 7 heteroatoms. The highest BCUT2D eigenvalue weighted by molar-refractivity contribution is 7.21. The van der Waals surface area contributed by atoms with Crippen LogP contribution in [0.15, 0.2) is 65.5 Å². The number of hydrogen-bond acceptors (Lipinski definition) is 5. The second-order valence-electron chi connectivity index (χ2n) is 7.00. The van der Waals surface area contributed by atoms with Crippen molar-refractivity contribution in [1.29, 1.82) is 0 Å². The molecule has 0 saturated heterocycles. The number of nitrogens with zero attached hydrogens (tertiary/aromatic N) is 4. The smallest absolute Gasteiger partial charge is 0.294 e. The topological polar surface area (TPSA) is 68.1 Å². The first-order chi connectivity index (χ1) is 14.6. The zero-order valence-electron chi connectivity index (χ0n) is 16.9. The molecule has 0 aliphatic carbocycles. The van der Waals surface area contributed by atoms with Crippen LogP contribution in [0.25, 0.3) is 20.8 Å². The molecule has 0 unspecified atom stereocenters. The van der Waals surface area contributed by atoms with Crippen LogP contribution >= 0.6 is 11.3 Å². The van der Waals surface area contributed by atoms with E-state index < -0.39 is 0 Å². The first-order valence-electron chi connectivity index (χ1n) is 9.82. The van der Waals surface area contributed by atoms with E-state index in [9.17, 15) is 9.59 Å². The summed E-state index contributed by atoms with van der Waals surface area (Å²) in [7, 11) is 0. The quantitative estimate of drug-likeness (QED) is 0.477. The molecule has 0 bridgehead atoms. The molecule has 2 aromatic carbocycles. The summed E-state index contributed by atoms with van der Waals surface area (Å²) in [6, 6.07) is 19.6. The largest absolute Gasteiger partial charge is 0.337 e. The summed E-state index contributed by atoms with van der Waals surface area (Å²) in [5.74, 6) is -0.145. The molecule has 30 heavy (non-hydrogen) atoms. The van der Waals surface area contributed by atoms with Crippen LogP contribution in [0, 0.1) is 6.92 Å². The summed E-state index contributed by atoms with van der Waals surface area (Å²) in [5.41, 5.74) is 2.73. The Morgan fingerprint density at radius 1 is 1.07 bits per heavy atom. The molecule has 4 rings (SSSR count). The summed E-state index contributed by atoms with van der Waals surface area (Å²) in [6.07, 6.45) is 0. The molecule has 2 heterocycles. The Labute approximate surface area is 178 Å². The highest BCUT2D eigenvalue weighted by Crippen LogP contribution is 2.29. The molecule has 0 N–H and O–H groups in total. The lowest BCUT2D eigenvalue weighted by Crippen LogP contribution is -2.37. The molecular weight excluding hydrogens is 396 g/mol. The molecule has 2 aromatic heterocycles. The minimum absolute atomic E-state index is 0.103. The number of likely N-dealkylation sites (N-methyl/N-ethyl adjacent to an activating group) is 1. The predicted octanol–water partition coefficient (Wildman–Crippen LogP) is 3.88. The standard InChI is InChI=1S/C23H22N4O2S/c1-3-26(14-17-10-6-4-7-11-17)19(28)15-27-23(29)20-21(16(2)25-27)30-22(24-20)18-12-8-5-9-13-18/h4-13H,3,14-15H2,1-2H3. The average Bonchev–Trinajstić information content (AvgIpc) is 3.23. The first-order valence-corrected chi connectivity index (χ1v) is 10.6. The zero-order valence-corrected chi connectivity index (χ0v) is 17.7. The number of benzene rings is 2. The zero-order chi connectivity index (χ0) is 21.1. The summed E-state index contributed by atoms with van der Waals surface area (Å²) in [5, 5.41) is 5.17. The van der Waals surface area contributed by atoms with Crippen molar-refractivity contribution in [2.75, 3.05) is 6.54 Å². The van der Waals surface area contributed by atoms with E-state index in [1.807, 2.05) is 74.5 Å². The Hall–Kier alpha value is -3.32. The lowest BCUT2D eigenvalue weighted by molar-refractivity contribution is -0.132. The second kappa shape index (κ2) is 8.59. The molecule has 0 aliphatic heterocycles. The van der Waals surface area contributed by atoms with E-state index >= 15 is 0 Å². The fourth-order valence-electron chi connectivity index (χ4n) is 3.32. The van der Waals surface area contributed by atoms with Crippen LogP contribution in [-0.2, 0) is 17.9 Å². The molecular formula is C23H22N4O2S. The molecule has 4 aromatic rings. The molecule has 0 atom stereocenters. The van der Waals surface area contributed by atoms with Gasteiger partial charge in [0, 0.05) is 18.7 Å². The van der Waals surface area contributed by atoms with Crippen LogP contribution in [0.1, 0.15) is 18.2 Å². The number of amides is 1. The van der Waals surface area contributed by atoms with Gasteiger partial charge in [0.2, 0.25) is 5.91 Å². The van der Waals surface area contributed by atoms with Crippen LogP contribution in [0.4, 0.5) is 0 Å². The maximum absolute atomic E-state index is 13.0. The maximum Gasteiger partial charge on any atom is 0.294 e. The SMILES string of the molecule is CCN(Cc1ccccc1)C(=O)Cn1nc(C)c2sc(-c3ccccc3)nc2c1=O. The summed E-state index contributed by atoms with van der Waals surface area (Å²) < 4.78 is 2.00. The van der Waals surface area contributed by atoms with Gasteiger partial charge in [-0.25, -0.2) is 9.67 Å². The fourth-order valence-corrected chi connectivity index (χ4v) is 4.33. The first kappa shape index (κ1) is 20.0. The van der Waals surface area contributed by atoms with Crippen molar-refractivity contribution in [2.24, 2.45) is 0 Å². The number of aromatic nitrogens is 3. The predicted molar refractivity (Wildman–Crippen MR) is 119 cm³/mol. The molecule has 1 amide bonds. The van der Waals surface area contributed by atoms with Crippen LogP contribution in [-0.4, -0.2) is 32.1 Å². The molecule has 0 saturated carbocycles. The van der Waals surface area contributed by atoms with Gasteiger partial charge in [0.1, 0.15) is 11.6 Å². The van der Waals surface area contributed by atoms with Crippen LogP contribution in [0.3, 0.4) is 0 Å². The highest BCUT2D eigenvalue weighted by Gasteiger charge is 2.19. The third-order valence-corrected chi connectivity index (χ3v) is 6.13. The van der Waals surface area contributed by atoms with Gasteiger partial charge in [0.25, 0.3) is 5.56 Å². The van der Waals surface area contributed by atoms with Crippen LogP contribution in [0.2, 0.25) is 0 Å². The van der Waals surface area contributed by atoms with Crippen molar-refractivity contribution in [1.82, 2.24) is 19.7 Å². The van der Waals surface area contributed by atoms with E-state index in [2.05, 4.69) is 10.1 Å². The summed E-state index contributed by atoms with van der Waals surface area (Å²) in [4.78, 5) is 32.2. The van der Waals surface area contributed by atoms with Gasteiger partial charge >= 0.3 is 0 Å². The van der Waals surface area contributed by atoms with Crippen LogP contribution < -0.4 is 5.56 Å².